The molecule has 3 aromatic rings. The highest BCUT2D eigenvalue weighted by Gasteiger charge is 2.15. The molecule has 1 N–H and O–H groups in total. The average Bonchev–Trinajstić information content (AvgIpc) is 2.75. The fourth-order valence-corrected chi connectivity index (χ4v) is 3.06. The van der Waals surface area contributed by atoms with E-state index in [1.165, 1.54) is 12.1 Å². The summed E-state index contributed by atoms with van der Waals surface area (Å²) >= 11 is 0. The number of hydrogen-bond donors (Lipinski definition) is 1. The summed E-state index contributed by atoms with van der Waals surface area (Å²) in [4.78, 5) is 23.4. The summed E-state index contributed by atoms with van der Waals surface area (Å²) in [5.41, 5.74) is 3.18. The van der Waals surface area contributed by atoms with Crippen LogP contribution in [0, 0.1) is 24.0 Å². The maximum Gasteiger partial charge on any atom is 0.271 e. The zero-order valence-corrected chi connectivity index (χ0v) is 17.7. The Morgan fingerprint density at radius 3 is 2.45 bits per heavy atom. The Kier molecular flexibility index (Phi) is 6.87. The van der Waals surface area contributed by atoms with E-state index in [-0.39, 0.29) is 18.2 Å². The van der Waals surface area contributed by atoms with Crippen molar-refractivity contribution >= 4 is 17.3 Å². The van der Waals surface area contributed by atoms with E-state index in [0.29, 0.717) is 23.6 Å². The number of anilines is 1. The third-order valence-electron chi connectivity index (χ3n) is 4.78. The number of nitro groups is 1. The zero-order valence-electron chi connectivity index (χ0n) is 17.7. The van der Waals surface area contributed by atoms with Gasteiger partial charge in [-0.15, -0.1) is 0 Å². The number of nitro benzene ring substituents is 1. The minimum absolute atomic E-state index is 0.0834. The van der Waals surface area contributed by atoms with E-state index >= 15 is 0 Å². The number of nitrogens with one attached hydrogen (secondary N) is 1. The van der Waals surface area contributed by atoms with Crippen molar-refractivity contribution in [3.8, 4) is 11.5 Å². The number of ether oxygens (including phenoxy) is 2. The summed E-state index contributed by atoms with van der Waals surface area (Å²) in [5, 5.41) is 13.8. The first-order chi connectivity index (χ1) is 14.9. The third-order valence-corrected chi connectivity index (χ3v) is 4.78. The first kappa shape index (κ1) is 21.8. The standard InChI is InChI=1S/C24H24N2O5/c1-4-30-23-12-10-18(13-19(23)15-31-22-8-6-5-7-17(22)3)24(27)25-21-14-20(26(28)29)11-9-16(21)2/h5-14H,4,15H2,1-3H3,(H,25,27). The molecule has 0 aliphatic heterocycles. The predicted molar refractivity (Wildman–Crippen MR) is 119 cm³/mol. The minimum Gasteiger partial charge on any atom is -0.493 e. The van der Waals surface area contributed by atoms with E-state index in [4.69, 9.17) is 9.47 Å². The van der Waals surface area contributed by atoms with Gasteiger partial charge in [0.25, 0.3) is 11.6 Å². The fourth-order valence-electron chi connectivity index (χ4n) is 3.06. The highest BCUT2D eigenvalue weighted by Crippen LogP contribution is 2.26. The number of hydrogen-bond acceptors (Lipinski definition) is 5. The molecule has 0 heterocycles. The first-order valence-electron chi connectivity index (χ1n) is 9.89. The van der Waals surface area contributed by atoms with Crippen molar-refractivity contribution < 1.29 is 19.2 Å². The van der Waals surface area contributed by atoms with Crippen molar-refractivity contribution in [3.05, 3.63) is 93.0 Å². The maximum atomic E-state index is 12.8. The summed E-state index contributed by atoms with van der Waals surface area (Å²) < 4.78 is 11.6. The van der Waals surface area contributed by atoms with Gasteiger partial charge >= 0.3 is 0 Å². The maximum absolute atomic E-state index is 12.8. The summed E-state index contributed by atoms with van der Waals surface area (Å²) in [6.07, 6.45) is 0. The van der Waals surface area contributed by atoms with Gasteiger partial charge in [0, 0.05) is 23.3 Å². The van der Waals surface area contributed by atoms with Crippen LogP contribution in [-0.2, 0) is 6.61 Å². The summed E-state index contributed by atoms with van der Waals surface area (Å²) in [5.74, 6) is 1.02. The Hall–Kier alpha value is -3.87. The molecule has 0 unspecified atom stereocenters. The number of rotatable bonds is 8. The van der Waals surface area contributed by atoms with Crippen molar-refractivity contribution in [2.75, 3.05) is 11.9 Å². The Bertz CT molecular complexity index is 1110. The Morgan fingerprint density at radius 1 is 0.968 bits per heavy atom. The lowest BCUT2D eigenvalue weighted by molar-refractivity contribution is -0.384. The van der Waals surface area contributed by atoms with Gasteiger partial charge in [-0.25, -0.2) is 0 Å². The first-order valence-corrected chi connectivity index (χ1v) is 9.89. The van der Waals surface area contributed by atoms with Crippen LogP contribution in [0.5, 0.6) is 11.5 Å². The smallest absolute Gasteiger partial charge is 0.271 e. The second kappa shape index (κ2) is 9.75. The number of para-hydroxylation sites is 1. The Balaban J connectivity index is 1.83. The second-order valence-electron chi connectivity index (χ2n) is 7.02. The van der Waals surface area contributed by atoms with Gasteiger partial charge in [-0.3, -0.25) is 14.9 Å². The molecule has 0 atom stereocenters. The van der Waals surface area contributed by atoms with Crippen LogP contribution in [0.1, 0.15) is 34.0 Å². The van der Waals surface area contributed by atoms with E-state index < -0.39 is 4.92 Å². The van der Waals surface area contributed by atoms with Gasteiger partial charge in [0.1, 0.15) is 18.1 Å². The van der Waals surface area contributed by atoms with Gasteiger partial charge in [-0.2, -0.15) is 0 Å². The number of aryl methyl sites for hydroxylation is 2. The molecule has 0 saturated heterocycles. The molecule has 3 aromatic carbocycles. The van der Waals surface area contributed by atoms with Gasteiger partial charge in [0.05, 0.1) is 17.2 Å². The SMILES string of the molecule is CCOc1ccc(C(=O)Nc2cc([N+](=O)[O-])ccc2C)cc1COc1ccccc1C. The van der Waals surface area contributed by atoms with Crippen molar-refractivity contribution in [1.29, 1.82) is 0 Å². The number of nitrogens with zero attached hydrogens (tertiary/aromatic N) is 1. The second-order valence-corrected chi connectivity index (χ2v) is 7.02. The van der Waals surface area contributed by atoms with E-state index in [1.807, 2.05) is 38.1 Å². The monoisotopic (exact) mass is 420 g/mol. The normalized spacial score (nSPS) is 10.4. The van der Waals surface area contributed by atoms with Gasteiger partial charge in [-0.05, 0) is 56.2 Å². The number of benzene rings is 3. The van der Waals surface area contributed by atoms with E-state index in [9.17, 15) is 14.9 Å². The van der Waals surface area contributed by atoms with Gasteiger partial charge < -0.3 is 14.8 Å². The van der Waals surface area contributed by atoms with Crippen LogP contribution in [0.25, 0.3) is 0 Å². The zero-order chi connectivity index (χ0) is 22.4. The topological polar surface area (TPSA) is 90.7 Å². The molecule has 0 saturated carbocycles. The molecule has 0 bridgehead atoms. The van der Waals surface area contributed by atoms with Gasteiger partial charge in [-0.1, -0.05) is 24.3 Å². The van der Waals surface area contributed by atoms with Crippen LogP contribution in [0.2, 0.25) is 0 Å². The Morgan fingerprint density at radius 2 is 1.74 bits per heavy atom. The lowest BCUT2D eigenvalue weighted by atomic mass is 10.1. The molecule has 0 radical (unpaired) electrons. The Labute approximate surface area is 180 Å². The number of amides is 1. The van der Waals surface area contributed by atoms with E-state index in [1.54, 1.807) is 31.2 Å². The molecule has 160 valence electrons. The average molecular weight is 420 g/mol. The molecule has 3 rings (SSSR count). The molecule has 0 aliphatic carbocycles. The molecular formula is C24H24N2O5. The van der Waals surface area contributed by atoms with Gasteiger partial charge in [0.2, 0.25) is 0 Å². The van der Waals surface area contributed by atoms with E-state index in [0.717, 1.165) is 22.4 Å². The molecule has 0 aromatic heterocycles. The van der Waals surface area contributed by atoms with Crippen molar-refractivity contribution in [2.45, 2.75) is 27.4 Å². The van der Waals surface area contributed by atoms with Crippen LogP contribution < -0.4 is 14.8 Å². The quantitative estimate of drug-likeness (QED) is 0.387. The van der Waals surface area contributed by atoms with Crippen LogP contribution in [0.4, 0.5) is 11.4 Å². The van der Waals surface area contributed by atoms with Crippen LogP contribution >= 0.6 is 0 Å². The summed E-state index contributed by atoms with van der Waals surface area (Å²) in [6, 6.07) is 17.2. The van der Waals surface area contributed by atoms with Crippen molar-refractivity contribution in [2.24, 2.45) is 0 Å². The predicted octanol–water partition coefficient (Wildman–Crippen LogP) is 5.44. The number of carbonyl (C=O) groups is 1. The lowest BCUT2D eigenvalue weighted by Crippen LogP contribution is -2.14. The van der Waals surface area contributed by atoms with Crippen LogP contribution in [-0.4, -0.2) is 17.4 Å². The van der Waals surface area contributed by atoms with E-state index in [2.05, 4.69) is 5.32 Å². The molecular weight excluding hydrogens is 396 g/mol. The molecule has 0 spiro atoms. The highest BCUT2D eigenvalue weighted by molar-refractivity contribution is 6.05. The number of non-ortho nitro benzene ring substituents is 1. The molecule has 7 heteroatoms. The number of carbonyl (C=O) groups excluding carboxylic acids is 1. The van der Waals surface area contributed by atoms with Gasteiger partial charge in [0.15, 0.2) is 0 Å². The minimum atomic E-state index is -0.493. The summed E-state index contributed by atoms with van der Waals surface area (Å²) in [6.45, 7) is 6.34. The van der Waals surface area contributed by atoms with Crippen LogP contribution in [0.3, 0.4) is 0 Å². The lowest BCUT2D eigenvalue weighted by Gasteiger charge is -2.15. The van der Waals surface area contributed by atoms with Crippen molar-refractivity contribution in [3.63, 3.8) is 0 Å². The molecule has 0 aliphatic rings. The summed E-state index contributed by atoms with van der Waals surface area (Å²) in [7, 11) is 0. The largest absolute Gasteiger partial charge is 0.493 e. The highest BCUT2D eigenvalue weighted by atomic mass is 16.6. The third kappa shape index (κ3) is 5.39. The molecule has 7 nitrogen and oxygen atoms in total. The molecule has 31 heavy (non-hydrogen) atoms. The fraction of sp³-hybridized carbons (Fsp3) is 0.208. The van der Waals surface area contributed by atoms with Crippen LogP contribution in [0.15, 0.2) is 60.7 Å². The molecule has 0 fully saturated rings. The van der Waals surface area contributed by atoms with Crippen molar-refractivity contribution in [1.82, 2.24) is 0 Å². The molecule has 1 amide bonds.